The smallest absolute Gasteiger partial charge is 0.407 e. The summed E-state index contributed by atoms with van der Waals surface area (Å²) in [5.74, 6) is -0.309. The lowest BCUT2D eigenvalue weighted by atomic mass is 9.70. The molecule has 0 unspecified atom stereocenters. The summed E-state index contributed by atoms with van der Waals surface area (Å²) >= 11 is 0. The summed E-state index contributed by atoms with van der Waals surface area (Å²) in [7, 11) is 0. The van der Waals surface area contributed by atoms with Crippen molar-refractivity contribution in [3.05, 3.63) is 35.9 Å². The number of carbonyl (C=O) groups is 2. The highest BCUT2D eigenvalue weighted by molar-refractivity contribution is 6.01. The van der Waals surface area contributed by atoms with Gasteiger partial charge in [-0.05, 0) is 44.6 Å². The molecule has 1 N–H and O–H groups in total. The lowest BCUT2D eigenvalue weighted by Crippen LogP contribution is -2.49. The largest absolute Gasteiger partial charge is 0.454 e. The van der Waals surface area contributed by atoms with E-state index in [2.05, 4.69) is 26.1 Å². The van der Waals surface area contributed by atoms with E-state index in [9.17, 15) is 9.59 Å². The fourth-order valence-corrected chi connectivity index (χ4v) is 5.64. The van der Waals surface area contributed by atoms with Gasteiger partial charge in [0.15, 0.2) is 6.04 Å². The highest BCUT2D eigenvalue weighted by Crippen LogP contribution is 2.65. The lowest BCUT2D eigenvalue weighted by Gasteiger charge is -2.40. The average molecular weight is 427 g/mol. The minimum absolute atomic E-state index is 0.0443. The zero-order valence-corrected chi connectivity index (χ0v) is 19.4. The van der Waals surface area contributed by atoms with Crippen molar-refractivity contribution in [3.8, 4) is 0 Å². The molecule has 1 aromatic carbocycles. The molecule has 2 aliphatic carbocycles. The molecule has 2 bridgehead atoms. The van der Waals surface area contributed by atoms with Crippen molar-refractivity contribution in [2.24, 2.45) is 21.7 Å². The number of fused-ring (bicyclic) bond motifs is 5. The van der Waals surface area contributed by atoms with Gasteiger partial charge in [0, 0.05) is 23.8 Å². The molecule has 31 heavy (non-hydrogen) atoms. The van der Waals surface area contributed by atoms with Gasteiger partial charge in [-0.3, -0.25) is 4.99 Å². The molecular weight excluding hydrogens is 392 g/mol. The number of benzene rings is 1. The molecule has 6 heteroatoms. The fourth-order valence-electron chi connectivity index (χ4n) is 5.64. The first-order valence-electron chi connectivity index (χ1n) is 11.2. The Kier molecular flexibility index (Phi) is 5.18. The Morgan fingerprint density at radius 2 is 1.94 bits per heavy atom. The zero-order valence-electron chi connectivity index (χ0n) is 19.4. The van der Waals surface area contributed by atoms with Crippen LogP contribution in [0.15, 0.2) is 35.3 Å². The number of amides is 1. The Morgan fingerprint density at radius 3 is 2.58 bits per heavy atom. The molecule has 6 nitrogen and oxygen atoms in total. The maximum absolute atomic E-state index is 13.2. The van der Waals surface area contributed by atoms with E-state index >= 15 is 0 Å². The third-order valence-corrected chi connectivity index (χ3v) is 7.74. The summed E-state index contributed by atoms with van der Waals surface area (Å²) in [6.45, 7) is 12.5. The zero-order chi connectivity index (χ0) is 22.6. The molecule has 0 aromatic heterocycles. The van der Waals surface area contributed by atoms with Crippen LogP contribution in [0.25, 0.3) is 0 Å². The van der Waals surface area contributed by atoms with E-state index in [1.807, 2.05) is 51.1 Å². The highest BCUT2D eigenvalue weighted by Gasteiger charge is 2.67. The van der Waals surface area contributed by atoms with Crippen molar-refractivity contribution in [1.29, 1.82) is 0 Å². The van der Waals surface area contributed by atoms with Crippen LogP contribution in [0.4, 0.5) is 4.79 Å². The normalized spacial score (nSPS) is 32.0. The first kappa shape index (κ1) is 21.8. The van der Waals surface area contributed by atoms with E-state index in [0.717, 1.165) is 24.1 Å². The van der Waals surface area contributed by atoms with Crippen molar-refractivity contribution in [3.63, 3.8) is 0 Å². The molecule has 0 spiro atoms. The van der Waals surface area contributed by atoms with E-state index < -0.39 is 17.7 Å². The Balaban J connectivity index is 1.63. The molecule has 2 fully saturated rings. The molecule has 1 aromatic rings. The molecule has 2 saturated carbocycles. The van der Waals surface area contributed by atoms with Gasteiger partial charge in [-0.1, -0.05) is 51.1 Å². The maximum Gasteiger partial charge on any atom is 0.407 e. The number of carbonyl (C=O) groups excluding carboxylic acids is 2. The van der Waals surface area contributed by atoms with Gasteiger partial charge in [-0.25, -0.2) is 9.59 Å². The Hall–Kier alpha value is -2.37. The molecule has 0 saturated heterocycles. The number of ether oxygens (including phenoxy) is 2. The molecule has 5 atom stereocenters. The van der Waals surface area contributed by atoms with Crippen LogP contribution < -0.4 is 5.32 Å². The number of hydrogen-bond donors (Lipinski definition) is 1. The van der Waals surface area contributed by atoms with Crippen molar-refractivity contribution in [2.45, 2.75) is 78.0 Å². The molecule has 1 amide bonds. The third kappa shape index (κ3) is 3.64. The van der Waals surface area contributed by atoms with Crippen LogP contribution in [-0.2, 0) is 14.3 Å². The van der Waals surface area contributed by atoms with E-state index in [4.69, 9.17) is 14.5 Å². The topological polar surface area (TPSA) is 77.0 Å². The summed E-state index contributed by atoms with van der Waals surface area (Å²) < 4.78 is 11.5. The van der Waals surface area contributed by atoms with Crippen molar-refractivity contribution in [2.75, 3.05) is 6.54 Å². The second kappa shape index (κ2) is 7.35. The van der Waals surface area contributed by atoms with Crippen LogP contribution in [0.1, 0.15) is 65.9 Å². The quantitative estimate of drug-likeness (QED) is 0.720. The fraction of sp³-hybridized carbons (Fsp3) is 0.640. The molecular formula is C25H34N2O4. The summed E-state index contributed by atoms with van der Waals surface area (Å²) in [5, 5.41) is 2.83. The van der Waals surface area contributed by atoms with Crippen LogP contribution in [0.2, 0.25) is 0 Å². The number of nitrogens with zero attached hydrogens (tertiary/aromatic N) is 1. The standard InChI is InChI=1S/C25H34N2O4/c1-23(2,3)31-22(29)26-14-16(15-10-8-7-9-11-15)18-21(28)30-20-19(27-18)17-12-13-25(20,6)24(17,4)5/h7-11,16-18,20H,12-14H2,1-6H3,(H,26,29)/t16-,17+,18+,20+,25-/m0/s1. The van der Waals surface area contributed by atoms with Crippen LogP contribution in [0, 0.1) is 16.7 Å². The van der Waals surface area contributed by atoms with Gasteiger partial charge in [-0.15, -0.1) is 0 Å². The molecule has 0 radical (unpaired) electrons. The Morgan fingerprint density at radius 1 is 1.26 bits per heavy atom. The number of esters is 1. The van der Waals surface area contributed by atoms with Gasteiger partial charge < -0.3 is 14.8 Å². The van der Waals surface area contributed by atoms with Gasteiger partial charge in [0.2, 0.25) is 0 Å². The number of hydrogen-bond acceptors (Lipinski definition) is 5. The summed E-state index contributed by atoms with van der Waals surface area (Å²) in [5.41, 5.74) is 1.35. The molecule has 1 heterocycles. The van der Waals surface area contributed by atoms with Crippen molar-refractivity contribution in [1.82, 2.24) is 5.32 Å². The van der Waals surface area contributed by atoms with E-state index in [-0.39, 0.29) is 35.4 Å². The van der Waals surface area contributed by atoms with Crippen LogP contribution in [0.5, 0.6) is 0 Å². The van der Waals surface area contributed by atoms with Gasteiger partial charge in [0.05, 0.1) is 5.71 Å². The second-order valence-electron chi connectivity index (χ2n) is 10.9. The number of rotatable bonds is 4. The second-order valence-corrected chi connectivity index (χ2v) is 10.9. The number of aliphatic imine (C=N–C) groups is 1. The van der Waals surface area contributed by atoms with Gasteiger partial charge >= 0.3 is 12.1 Å². The maximum atomic E-state index is 13.2. The predicted molar refractivity (Wildman–Crippen MR) is 119 cm³/mol. The third-order valence-electron chi connectivity index (χ3n) is 7.74. The minimum atomic E-state index is -0.678. The average Bonchev–Trinajstić information content (AvgIpc) is 3.00. The van der Waals surface area contributed by atoms with E-state index in [0.29, 0.717) is 5.92 Å². The molecule has 1 aliphatic heterocycles. The summed E-state index contributed by atoms with van der Waals surface area (Å²) in [6, 6.07) is 9.05. The molecule has 3 aliphatic rings. The predicted octanol–water partition coefficient (Wildman–Crippen LogP) is 4.49. The van der Waals surface area contributed by atoms with Crippen LogP contribution in [-0.4, -0.2) is 42.1 Å². The lowest BCUT2D eigenvalue weighted by molar-refractivity contribution is -0.156. The van der Waals surface area contributed by atoms with Crippen molar-refractivity contribution < 1.29 is 19.1 Å². The van der Waals surface area contributed by atoms with Crippen LogP contribution in [0.3, 0.4) is 0 Å². The van der Waals surface area contributed by atoms with E-state index in [1.54, 1.807) is 0 Å². The number of nitrogens with one attached hydrogen (secondary N) is 1. The van der Waals surface area contributed by atoms with E-state index in [1.165, 1.54) is 0 Å². The van der Waals surface area contributed by atoms with Crippen molar-refractivity contribution >= 4 is 17.8 Å². The Bertz CT molecular complexity index is 902. The van der Waals surface area contributed by atoms with Gasteiger partial charge in [0.1, 0.15) is 11.7 Å². The minimum Gasteiger partial charge on any atom is -0.454 e. The monoisotopic (exact) mass is 426 g/mol. The molecule has 168 valence electrons. The summed E-state index contributed by atoms with van der Waals surface area (Å²) in [4.78, 5) is 30.5. The molecule has 4 rings (SSSR count). The van der Waals surface area contributed by atoms with Gasteiger partial charge in [-0.2, -0.15) is 0 Å². The first-order valence-corrected chi connectivity index (χ1v) is 11.2. The number of alkyl carbamates (subject to hydrolysis) is 1. The Labute approximate surface area is 184 Å². The van der Waals surface area contributed by atoms with Crippen LogP contribution >= 0.6 is 0 Å². The first-order chi connectivity index (χ1) is 14.4. The summed E-state index contributed by atoms with van der Waals surface area (Å²) in [6.07, 6.45) is 1.39. The van der Waals surface area contributed by atoms with Gasteiger partial charge in [0.25, 0.3) is 0 Å². The SMILES string of the molecule is CC(C)(C)OC(=O)NC[C@@H](c1ccccc1)[C@H]1N=C2[C@H]3CC[C@@](C)([C@@H]2OC1=O)C3(C)C. The highest BCUT2D eigenvalue weighted by atomic mass is 16.6.